The topological polar surface area (TPSA) is 98.1 Å². The first-order chi connectivity index (χ1) is 15.9. The zero-order chi connectivity index (χ0) is 23.4. The molecule has 33 heavy (non-hydrogen) atoms. The van der Waals surface area contributed by atoms with E-state index >= 15 is 0 Å². The van der Waals surface area contributed by atoms with Gasteiger partial charge in [0.05, 0.1) is 40.8 Å². The number of halogens is 2. The summed E-state index contributed by atoms with van der Waals surface area (Å²) in [4.78, 5) is 29.0. The zero-order valence-corrected chi connectivity index (χ0v) is 18.8. The minimum atomic E-state index is -0.375. The number of amides is 2. The Kier molecular flexibility index (Phi) is 6.58. The predicted molar refractivity (Wildman–Crippen MR) is 127 cm³/mol. The monoisotopic (exact) mass is 481 g/mol. The lowest BCUT2D eigenvalue weighted by atomic mass is 10.2. The van der Waals surface area contributed by atoms with Crippen LogP contribution in [0.3, 0.4) is 0 Å². The third-order valence-electron chi connectivity index (χ3n) is 4.63. The number of hydrogen-bond acceptors (Lipinski definition) is 5. The highest BCUT2D eigenvalue weighted by atomic mass is 35.5. The van der Waals surface area contributed by atoms with Crippen LogP contribution >= 0.6 is 23.2 Å². The van der Waals surface area contributed by atoms with Crippen LogP contribution in [0.1, 0.15) is 20.7 Å². The third kappa shape index (κ3) is 5.14. The van der Waals surface area contributed by atoms with Gasteiger partial charge in [-0.3, -0.25) is 14.6 Å². The first-order valence-corrected chi connectivity index (χ1v) is 10.4. The zero-order valence-electron chi connectivity index (χ0n) is 17.3. The average Bonchev–Trinajstić information content (AvgIpc) is 3.30. The van der Waals surface area contributed by atoms with Crippen molar-refractivity contribution in [1.29, 1.82) is 0 Å². The molecule has 0 saturated carbocycles. The maximum Gasteiger partial charge on any atom is 0.258 e. The molecule has 8 nitrogen and oxygen atoms in total. The van der Waals surface area contributed by atoms with E-state index in [1.807, 2.05) is 0 Å². The Morgan fingerprint density at radius 1 is 0.970 bits per heavy atom. The number of anilines is 2. The second-order valence-corrected chi connectivity index (χ2v) is 7.68. The van der Waals surface area contributed by atoms with Crippen molar-refractivity contribution in [2.75, 3.05) is 17.7 Å². The van der Waals surface area contributed by atoms with Crippen molar-refractivity contribution in [2.24, 2.45) is 0 Å². The summed E-state index contributed by atoms with van der Waals surface area (Å²) in [7, 11) is 1.47. The van der Waals surface area contributed by atoms with E-state index in [4.69, 9.17) is 27.9 Å². The van der Waals surface area contributed by atoms with E-state index in [1.54, 1.807) is 60.9 Å². The molecule has 0 radical (unpaired) electrons. The molecule has 0 aliphatic heterocycles. The third-order valence-corrected chi connectivity index (χ3v) is 5.17. The predicted octanol–water partition coefficient (Wildman–Crippen LogP) is 5.09. The molecule has 2 N–H and O–H groups in total. The summed E-state index contributed by atoms with van der Waals surface area (Å²) in [5, 5.41) is 10.7. The van der Waals surface area contributed by atoms with Gasteiger partial charge in [0.15, 0.2) is 0 Å². The van der Waals surface area contributed by atoms with Crippen molar-refractivity contribution in [3.8, 4) is 11.4 Å². The molecule has 0 saturated heterocycles. The standard InChI is InChI=1S/C23H17Cl2N5O3/c1-33-21-10-17(5-6-19(21)29-22(31)14-3-2-8-26-11-14)28-23(32)15-12-27-30(13-15)20-7-4-16(24)9-18(20)25/h2-13H,1H3,(H,28,32)(H,29,31). The van der Waals surface area contributed by atoms with Gasteiger partial charge in [0.2, 0.25) is 0 Å². The summed E-state index contributed by atoms with van der Waals surface area (Å²) in [6.07, 6.45) is 6.04. The Labute approximate surface area is 199 Å². The number of carbonyl (C=O) groups excluding carboxylic acids is 2. The van der Waals surface area contributed by atoms with E-state index in [9.17, 15) is 9.59 Å². The number of nitrogens with one attached hydrogen (secondary N) is 2. The molecule has 2 aromatic carbocycles. The van der Waals surface area contributed by atoms with E-state index in [2.05, 4.69) is 20.7 Å². The fourth-order valence-corrected chi connectivity index (χ4v) is 3.50. The summed E-state index contributed by atoms with van der Waals surface area (Å²) in [6.45, 7) is 0. The summed E-state index contributed by atoms with van der Waals surface area (Å²) >= 11 is 12.1. The van der Waals surface area contributed by atoms with Crippen LogP contribution in [0.4, 0.5) is 11.4 Å². The second-order valence-electron chi connectivity index (χ2n) is 6.83. The number of ether oxygens (including phenoxy) is 1. The lowest BCUT2D eigenvalue weighted by molar-refractivity contribution is 0.101. The van der Waals surface area contributed by atoms with Crippen molar-refractivity contribution >= 4 is 46.4 Å². The minimum absolute atomic E-state index is 0.327. The molecular formula is C23H17Cl2N5O3. The van der Waals surface area contributed by atoms with Gasteiger partial charge in [-0.15, -0.1) is 0 Å². The van der Waals surface area contributed by atoms with Crippen molar-refractivity contribution in [2.45, 2.75) is 0 Å². The number of hydrogen-bond donors (Lipinski definition) is 2. The molecule has 2 aromatic heterocycles. The van der Waals surface area contributed by atoms with Gasteiger partial charge in [-0.2, -0.15) is 5.10 Å². The van der Waals surface area contributed by atoms with E-state index in [1.165, 1.54) is 24.2 Å². The molecule has 0 atom stereocenters. The normalized spacial score (nSPS) is 10.5. The van der Waals surface area contributed by atoms with Gasteiger partial charge in [0.1, 0.15) is 5.75 Å². The number of methoxy groups -OCH3 is 1. The maximum absolute atomic E-state index is 12.7. The number of pyridine rings is 1. The molecule has 10 heteroatoms. The molecule has 4 aromatic rings. The SMILES string of the molecule is COc1cc(NC(=O)c2cnn(-c3ccc(Cl)cc3Cl)c2)ccc1NC(=O)c1cccnc1. The fourth-order valence-electron chi connectivity index (χ4n) is 3.01. The van der Waals surface area contributed by atoms with Gasteiger partial charge >= 0.3 is 0 Å². The molecule has 2 heterocycles. The second kappa shape index (κ2) is 9.72. The summed E-state index contributed by atoms with van der Waals surface area (Å²) in [5.41, 5.74) is 2.27. The Morgan fingerprint density at radius 2 is 1.79 bits per heavy atom. The Hall–Kier alpha value is -3.88. The average molecular weight is 482 g/mol. The molecule has 0 fully saturated rings. The first-order valence-electron chi connectivity index (χ1n) is 9.65. The van der Waals surface area contributed by atoms with Crippen LogP contribution in [0.2, 0.25) is 10.0 Å². The van der Waals surface area contributed by atoms with Crippen molar-refractivity contribution < 1.29 is 14.3 Å². The molecule has 0 bridgehead atoms. The van der Waals surface area contributed by atoms with Crippen molar-refractivity contribution in [3.63, 3.8) is 0 Å². The lowest BCUT2D eigenvalue weighted by Gasteiger charge is -2.12. The highest BCUT2D eigenvalue weighted by Gasteiger charge is 2.14. The smallest absolute Gasteiger partial charge is 0.258 e. The summed E-state index contributed by atoms with van der Waals surface area (Å²) in [6, 6.07) is 13.2. The van der Waals surface area contributed by atoms with Crippen LogP contribution < -0.4 is 15.4 Å². The van der Waals surface area contributed by atoms with E-state index in [0.717, 1.165) is 0 Å². The lowest BCUT2D eigenvalue weighted by Crippen LogP contribution is -2.14. The minimum Gasteiger partial charge on any atom is -0.494 e. The van der Waals surface area contributed by atoms with Crippen molar-refractivity contribution in [3.05, 3.63) is 94.5 Å². The van der Waals surface area contributed by atoms with Crippen LogP contribution in [0, 0.1) is 0 Å². The van der Waals surface area contributed by atoms with Gasteiger partial charge in [0.25, 0.3) is 11.8 Å². The van der Waals surface area contributed by atoms with Gasteiger partial charge in [-0.25, -0.2) is 4.68 Å². The fraction of sp³-hybridized carbons (Fsp3) is 0.0435. The van der Waals surface area contributed by atoms with Gasteiger partial charge in [-0.05, 0) is 42.5 Å². The molecule has 166 valence electrons. The Morgan fingerprint density at radius 3 is 2.52 bits per heavy atom. The number of nitrogens with zero attached hydrogens (tertiary/aromatic N) is 3. The van der Waals surface area contributed by atoms with E-state index < -0.39 is 0 Å². The quantitative estimate of drug-likeness (QED) is 0.399. The maximum atomic E-state index is 12.7. The number of rotatable bonds is 6. The summed E-state index contributed by atoms with van der Waals surface area (Å²) < 4.78 is 6.86. The van der Waals surface area contributed by atoms with Crippen LogP contribution in [0.15, 0.2) is 73.3 Å². The first kappa shape index (κ1) is 22.3. The summed E-state index contributed by atoms with van der Waals surface area (Å²) in [5.74, 6) is -0.319. The van der Waals surface area contributed by atoms with Crippen molar-refractivity contribution in [1.82, 2.24) is 14.8 Å². The molecule has 2 amide bonds. The number of benzene rings is 2. The van der Waals surface area contributed by atoms with Crippen LogP contribution in [0.25, 0.3) is 5.69 Å². The molecular weight excluding hydrogens is 465 g/mol. The van der Waals surface area contributed by atoms with Crippen LogP contribution in [-0.2, 0) is 0 Å². The van der Waals surface area contributed by atoms with E-state index in [-0.39, 0.29) is 11.8 Å². The molecule has 4 rings (SSSR count). The van der Waals surface area contributed by atoms with Crippen LogP contribution in [0.5, 0.6) is 5.75 Å². The van der Waals surface area contributed by atoms with E-state index in [0.29, 0.717) is 44.0 Å². The molecule has 0 aliphatic carbocycles. The highest BCUT2D eigenvalue weighted by Crippen LogP contribution is 2.29. The Bertz CT molecular complexity index is 1320. The van der Waals surface area contributed by atoms with Gasteiger partial charge in [0, 0.05) is 35.4 Å². The molecule has 0 unspecified atom stereocenters. The molecule has 0 spiro atoms. The van der Waals surface area contributed by atoms with Gasteiger partial charge < -0.3 is 15.4 Å². The Balaban J connectivity index is 1.48. The number of aromatic nitrogens is 3. The number of carbonyl (C=O) groups is 2. The largest absolute Gasteiger partial charge is 0.494 e. The van der Waals surface area contributed by atoms with Crippen LogP contribution in [-0.4, -0.2) is 33.7 Å². The highest BCUT2D eigenvalue weighted by molar-refractivity contribution is 6.35. The van der Waals surface area contributed by atoms with Gasteiger partial charge in [-0.1, -0.05) is 23.2 Å². The molecule has 0 aliphatic rings.